The standard InChI is InChI=1S/C28H28N2O8/c1-5-28(16-36-25(32)19-10-6-17(2)7-11-19)22(37-26(33)20-12-8-18(3)9-13-20)14-23(38-28)30-15-21(35-4)24(31)29-27(30)34/h5-13,15,22-23H,1,14,16H2,2-4H3,(H,29,31,34). The van der Waals surface area contributed by atoms with Crippen LogP contribution in [0.25, 0.3) is 0 Å². The lowest BCUT2D eigenvalue weighted by Gasteiger charge is -2.30. The molecule has 1 aromatic heterocycles. The molecule has 0 spiro atoms. The molecule has 0 bridgehead atoms. The molecule has 3 aromatic rings. The van der Waals surface area contributed by atoms with Gasteiger partial charge in [-0.05, 0) is 38.1 Å². The highest BCUT2D eigenvalue weighted by Gasteiger charge is 2.51. The quantitative estimate of drug-likeness (QED) is 0.355. The first-order chi connectivity index (χ1) is 18.2. The van der Waals surface area contributed by atoms with Crippen molar-refractivity contribution in [2.75, 3.05) is 13.7 Å². The maximum atomic E-state index is 13.0. The molecule has 1 aliphatic rings. The van der Waals surface area contributed by atoms with E-state index in [0.717, 1.165) is 15.7 Å². The van der Waals surface area contributed by atoms with Gasteiger partial charge in [-0.2, -0.15) is 0 Å². The number of carbonyl (C=O) groups excluding carboxylic acids is 2. The molecule has 0 amide bonds. The smallest absolute Gasteiger partial charge is 0.338 e. The largest absolute Gasteiger partial charge is 0.490 e. The van der Waals surface area contributed by atoms with Gasteiger partial charge in [0.25, 0.3) is 5.56 Å². The Morgan fingerprint density at radius 3 is 2.18 bits per heavy atom. The van der Waals surface area contributed by atoms with Crippen molar-refractivity contribution in [1.82, 2.24) is 9.55 Å². The number of H-pyrrole nitrogens is 1. The van der Waals surface area contributed by atoms with Crippen LogP contribution in [-0.4, -0.2) is 46.9 Å². The number of benzene rings is 2. The van der Waals surface area contributed by atoms with Crippen molar-refractivity contribution in [1.29, 1.82) is 0 Å². The number of aryl methyl sites for hydroxylation is 2. The third kappa shape index (κ3) is 5.45. The Hall–Kier alpha value is -4.44. The van der Waals surface area contributed by atoms with Crippen molar-refractivity contribution in [3.05, 3.63) is 110 Å². The number of hydrogen-bond donors (Lipinski definition) is 1. The van der Waals surface area contributed by atoms with E-state index in [2.05, 4.69) is 11.6 Å². The van der Waals surface area contributed by atoms with Gasteiger partial charge >= 0.3 is 17.6 Å². The number of ether oxygens (including phenoxy) is 4. The Bertz CT molecular complexity index is 1460. The van der Waals surface area contributed by atoms with Gasteiger partial charge in [-0.1, -0.05) is 48.0 Å². The van der Waals surface area contributed by atoms with Gasteiger partial charge in [-0.25, -0.2) is 14.4 Å². The Balaban J connectivity index is 1.65. The monoisotopic (exact) mass is 520 g/mol. The van der Waals surface area contributed by atoms with Gasteiger partial charge in [0, 0.05) is 6.42 Å². The highest BCUT2D eigenvalue weighted by Crippen LogP contribution is 2.40. The number of rotatable bonds is 8. The van der Waals surface area contributed by atoms with Crippen molar-refractivity contribution < 1.29 is 28.5 Å². The van der Waals surface area contributed by atoms with Gasteiger partial charge in [0.1, 0.15) is 18.9 Å². The molecule has 1 saturated heterocycles. The fraction of sp³-hybridized carbons (Fsp3) is 0.286. The first-order valence-electron chi connectivity index (χ1n) is 11.9. The van der Waals surface area contributed by atoms with Gasteiger partial charge in [-0.3, -0.25) is 14.3 Å². The number of methoxy groups -OCH3 is 1. The summed E-state index contributed by atoms with van der Waals surface area (Å²) >= 11 is 0. The van der Waals surface area contributed by atoms with Gasteiger partial charge in [0.15, 0.2) is 5.60 Å². The Morgan fingerprint density at radius 2 is 1.63 bits per heavy atom. The highest BCUT2D eigenvalue weighted by atomic mass is 16.6. The predicted molar refractivity (Wildman–Crippen MR) is 137 cm³/mol. The molecule has 0 saturated carbocycles. The van der Waals surface area contributed by atoms with E-state index in [1.807, 2.05) is 13.8 Å². The van der Waals surface area contributed by atoms with Crippen LogP contribution in [0.4, 0.5) is 0 Å². The van der Waals surface area contributed by atoms with E-state index in [-0.39, 0.29) is 18.8 Å². The average molecular weight is 521 g/mol. The summed E-state index contributed by atoms with van der Waals surface area (Å²) in [5.74, 6) is -1.34. The predicted octanol–water partition coefficient (Wildman–Crippen LogP) is 3.09. The summed E-state index contributed by atoms with van der Waals surface area (Å²) in [6.45, 7) is 7.29. The molecule has 0 radical (unpaired) electrons. The molecule has 1 N–H and O–H groups in total. The lowest BCUT2D eigenvalue weighted by atomic mass is 9.97. The molecule has 0 aliphatic carbocycles. The minimum atomic E-state index is -1.49. The molecule has 2 aromatic carbocycles. The van der Waals surface area contributed by atoms with E-state index in [1.165, 1.54) is 19.4 Å². The van der Waals surface area contributed by atoms with Crippen LogP contribution >= 0.6 is 0 Å². The number of aromatic amines is 1. The third-order valence-corrected chi connectivity index (χ3v) is 6.38. The van der Waals surface area contributed by atoms with Crippen LogP contribution in [0.2, 0.25) is 0 Å². The fourth-order valence-electron chi connectivity index (χ4n) is 4.11. The van der Waals surface area contributed by atoms with E-state index in [0.29, 0.717) is 11.1 Å². The average Bonchev–Trinajstić information content (AvgIpc) is 3.26. The summed E-state index contributed by atoms with van der Waals surface area (Å²) in [6.07, 6.45) is 0.606. The highest BCUT2D eigenvalue weighted by molar-refractivity contribution is 5.90. The van der Waals surface area contributed by atoms with Crippen LogP contribution in [0.15, 0.2) is 77.0 Å². The first-order valence-corrected chi connectivity index (χ1v) is 11.9. The maximum absolute atomic E-state index is 13.0. The van der Waals surface area contributed by atoms with E-state index in [1.54, 1.807) is 48.5 Å². The van der Waals surface area contributed by atoms with Crippen LogP contribution in [0.5, 0.6) is 5.75 Å². The van der Waals surface area contributed by atoms with Gasteiger partial charge in [0.05, 0.1) is 24.4 Å². The zero-order valence-electron chi connectivity index (χ0n) is 21.3. The van der Waals surface area contributed by atoms with Crippen LogP contribution in [0.3, 0.4) is 0 Å². The van der Waals surface area contributed by atoms with Crippen LogP contribution < -0.4 is 16.0 Å². The van der Waals surface area contributed by atoms with Crippen molar-refractivity contribution in [2.45, 2.75) is 38.2 Å². The molecule has 2 heterocycles. The molecule has 4 rings (SSSR count). The number of nitrogens with one attached hydrogen (secondary N) is 1. The minimum Gasteiger partial charge on any atom is -0.490 e. The molecule has 3 unspecified atom stereocenters. The second-order valence-electron chi connectivity index (χ2n) is 9.03. The Morgan fingerprint density at radius 1 is 1.05 bits per heavy atom. The fourth-order valence-corrected chi connectivity index (χ4v) is 4.11. The van der Waals surface area contributed by atoms with Crippen molar-refractivity contribution >= 4 is 11.9 Å². The summed E-state index contributed by atoms with van der Waals surface area (Å²) in [4.78, 5) is 52.5. The lowest BCUT2D eigenvalue weighted by molar-refractivity contribution is -0.104. The molecule has 10 heteroatoms. The molecular formula is C28H28N2O8. The summed E-state index contributed by atoms with van der Waals surface area (Å²) in [5.41, 5.74) is -0.335. The number of carbonyl (C=O) groups is 2. The van der Waals surface area contributed by atoms with Crippen LogP contribution in [0.1, 0.15) is 44.5 Å². The molecule has 38 heavy (non-hydrogen) atoms. The summed E-state index contributed by atoms with van der Waals surface area (Å²) in [5, 5.41) is 0. The molecule has 1 fully saturated rings. The normalized spacial score (nSPS) is 20.5. The summed E-state index contributed by atoms with van der Waals surface area (Å²) < 4.78 is 23.7. The van der Waals surface area contributed by atoms with Crippen LogP contribution in [0, 0.1) is 13.8 Å². The summed E-state index contributed by atoms with van der Waals surface area (Å²) in [6, 6.07) is 13.7. The van der Waals surface area contributed by atoms with E-state index >= 15 is 0 Å². The molecule has 3 atom stereocenters. The molecule has 198 valence electrons. The first kappa shape index (κ1) is 26.6. The number of esters is 2. The maximum Gasteiger partial charge on any atom is 0.338 e. The van der Waals surface area contributed by atoms with Crippen molar-refractivity contribution in [3.63, 3.8) is 0 Å². The van der Waals surface area contributed by atoms with Gasteiger partial charge in [-0.15, -0.1) is 0 Å². The molecule has 10 nitrogen and oxygen atoms in total. The number of aromatic nitrogens is 2. The zero-order valence-corrected chi connectivity index (χ0v) is 21.3. The lowest BCUT2D eigenvalue weighted by Crippen LogP contribution is -2.45. The SMILES string of the molecule is C=CC1(COC(=O)c2ccc(C)cc2)OC(n2cc(OC)c(=O)[nH]c2=O)CC1OC(=O)c1ccc(C)cc1. The third-order valence-electron chi connectivity index (χ3n) is 6.38. The minimum absolute atomic E-state index is 0.000802. The topological polar surface area (TPSA) is 126 Å². The van der Waals surface area contributed by atoms with E-state index < -0.39 is 41.1 Å². The van der Waals surface area contributed by atoms with E-state index in [4.69, 9.17) is 18.9 Å². The summed E-state index contributed by atoms with van der Waals surface area (Å²) in [7, 11) is 1.29. The number of nitrogens with zero attached hydrogens (tertiary/aromatic N) is 1. The second kappa shape index (κ2) is 10.9. The van der Waals surface area contributed by atoms with Gasteiger partial charge in [0.2, 0.25) is 5.75 Å². The Labute approximate surface area is 218 Å². The second-order valence-corrected chi connectivity index (χ2v) is 9.03. The van der Waals surface area contributed by atoms with Crippen molar-refractivity contribution in [3.8, 4) is 5.75 Å². The number of hydrogen-bond acceptors (Lipinski definition) is 8. The zero-order chi connectivity index (χ0) is 27.4. The van der Waals surface area contributed by atoms with Gasteiger partial charge < -0.3 is 18.9 Å². The Kier molecular flexibility index (Phi) is 7.63. The molecular weight excluding hydrogens is 492 g/mol. The molecule has 1 aliphatic heterocycles. The van der Waals surface area contributed by atoms with E-state index in [9.17, 15) is 19.2 Å². The van der Waals surface area contributed by atoms with Crippen LogP contribution in [-0.2, 0) is 14.2 Å². The van der Waals surface area contributed by atoms with Crippen molar-refractivity contribution in [2.24, 2.45) is 0 Å².